The number of nitrogens with one attached hydrogen (secondary N) is 1. The molecule has 1 aromatic heterocycles. The number of halogens is 1. The predicted molar refractivity (Wildman–Crippen MR) is 72.0 cm³/mol. The van der Waals surface area contributed by atoms with E-state index in [1.165, 1.54) is 11.6 Å². The fourth-order valence-corrected chi connectivity index (χ4v) is 2.19. The number of hydrogen-bond donors (Lipinski definition) is 1. The minimum Gasteiger partial charge on any atom is -0.349 e. The molecule has 0 spiro atoms. The Kier molecular flexibility index (Phi) is 4.15. The average Bonchev–Trinajstić information content (AvgIpc) is 2.82. The van der Waals surface area contributed by atoms with E-state index < -0.39 is 0 Å². The molecule has 0 radical (unpaired) electrons. The molecular formula is C15H19FN2. The zero-order valence-corrected chi connectivity index (χ0v) is 10.9. The third-order valence-electron chi connectivity index (χ3n) is 3.24. The fraction of sp³-hybridized carbons (Fsp3) is 0.333. The van der Waals surface area contributed by atoms with Gasteiger partial charge in [-0.3, -0.25) is 0 Å². The van der Waals surface area contributed by atoms with Crippen molar-refractivity contribution in [1.29, 1.82) is 0 Å². The van der Waals surface area contributed by atoms with Crippen LogP contribution < -0.4 is 5.32 Å². The van der Waals surface area contributed by atoms with Gasteiger partial charge in [0.25, 0.3) is 0 Å². The summed E-state index contributed by atoms with van der Waals surface area (Å²) in [6, 6.07) is 9.36. The van der Waals surface area contributed by atoms with Crippen LogP contribution in [0.25, 0.3) is 0 Å². The molecule has 1 atom stereocenters. The second-order valence-electron chi connectivity index (χ2n) is 4.46. The Bertz CT molecular complexity index is 501. The van der Waals surface area contributed by atoms with Crippen LogP contribution in [0.15, 0.2) is 42.7 Å². The summed E-state index contributed by atoms with van der Waals surface area (Å²) in [6.45, 7) is 2.72. The first-order valence-electron chi connectivity index (χ1n) is 6.31. The smallest absolute Gasteiger partial charge is 0.128 e. The van der Waals surface area contributed by atoms with Crippen molar-refractivity contribution in [3.8, 4) is 0 Å². The zero-order valence-electron chi connectivity index (χ0n) is 10.9. The van der Waals surface area contributed by atoms with Gasteiger partial charge in [-0.2, -0.15) is 0 Å². The normalized spacial score (nSPS) is 12.6. The van der Waals surface area contributed by atoms with Crippen LogP contribution in [0, 0.1) is 5.82 Å². The second kappa shape index (κ2) is 5.83. The molecule has 2 aromatic rings. The summed E-state index contributed by atoms with van der Waals surface area (Å²) < 4.78 is 15.6. The number of benzene rings is 1. The lowest BCUT2D eigenvalue weighted by molar-refractivity contribution is 0.573. The monoisotopic (exact) mass is 246 g/mol. The van der Waals surface area contributed by atoms with Crippen LogP contribution >= 0.6 is 0 Å². The molecule has 18 heavy (non-hydrogen) atoms. The fourth-order valence-electron chi connectivity index (χ4n) is 2.19. The first-order chi connectivity index (χ1) is 8.74. The number of rotatable bonds is 5. The van der Waals surface area contributed by atoms with Crippen molar-refractivity contribution in [3.05, 3.63) is 59.7 Å². The summed E-state index contributed by atoms with van der Waals surface area (Å²) in [5.41, 5.74) is 1.97. The van der Waals surface area contributed by atoms with E-state index in [4.69, 9.17) is 0 Å². The Morgan fingerprint density at radius 1 is 1.28 bits per heavy atom. The highest BCUT2D eigenvalue weighted by Crippen LogP contribution is 2.17. The highest BCUT2D eigenvalue weighted by Gasteiger charge is 2.08. The van der Waals surface area contributed by atoms with E-state index in [2.05, 4.69) is 24.5 Å². The maximum Gasteiger partial charge on any atom is 0.128 e. The van der Waals surface area contributed by atoms with Crippen LogP contribution in [-0.4, -0.2) is 11.6 Å². The third kappa shape index (κ3) is 2.79. The number of hydrogen-bond acceptors (Lipinski definition) is 1. The minimum atomic E-state index is -0.145. The Morgan fingerprint density at radius 2 is 2.06 bits per heavy atom. The van der Waals surface area contributed by atoms with E-state index in [0.29, 0.717) is 12.6 Å². The molecule has 1 N–H and O–H groups in total. The van der Waals surface area contributed by atoms with Gasteiger partial charge in [-0.05, 0) is 31.2 Å². The van der Waals surface area contributed by atoms with Gasteiger partial charge in [0.1, 0.15) is 5.82 Å². The molecule has 2 rings (SSSR count). The van der Waals surface area contributed by atoms with Crippen molar-refractivity contribution in [3.63, 3.8) is 0 Å². The van der Waals surface area contributed by atoms with Gasteiger partial charge < -0.3 is 9.88 Å². The van der Waals surface area contributed by atoms with E-state index in [1.807, 2.05) is 29.9 Å². The first kappa shape index (κ1) is 12.8. The summed E-state index contributed by atoms with van der Waals surface area (Å²) in [7, 11) is 1.96. The SMILES string of the molecule is CCC(NC)c1ccn(Cc2ccccc2F)c1. The molecule has 96 valence electrons. The van der Waals surface area contributed by atoms with Gasteiger partial charge in [0.2, 0.25) is 0 Å². The van der Waals surface area contributed by atoms with Crippen LogP contribution in [0.2, 0.25) is 0 Å². The third-order valence-corrected chi connectivity index (χ3v) is 3.24. The van der Waals surface area contributed by atoms with Crippen molar-refractivity contribution in [2.45, 2.75) is 25.9 Å². The predicted octanol–water partition coefficient (Wildman–Crippen LogP) is 3.35. The van der Waals surface area contributed by atoms with Gasteiger partial charge in [0, 0.05) is 30.5 Å². The van der Waals surface area contributed by atoms with E-state index >= 15 is 0 Å². The lowest BCUT2D eigenvalue weighted by Gasteiger charge is -2.11. The Balaban J connectivity index is 2.14. The van der Waals surface area contributed by atoms with Crippen molar-refractivity contribution in [2.75, 3.05) is 7.05 Å². The van der Waals surface area contributed by atoms with Crippen LogP contribution in [-0.2, 0) is 6.54 Å². The van der Waals surface area contributed by atoms with E-state index in [-0.39, 0.29) is 5.82 Å². The van der Waals surface area contributed by atoms with Crippen LogP contribution in [0.5, 0.6) is 0 Å². The molecule has 2 nitrogen and oxygen atoms in total. The molecular weight excluding hydrogens is 227 g/mol. The van der Waals surface area contributed by atoms with Crippen LogP contribution in [0.3, 0.4) is 0 Å². The average molecular weight is 246 g/mol. The standard InChI is InChI=1S/C15H19FN2/c1-3-15(17-2)13-8-9-18(11-13)10-12-6-4-5-7-14(12)16/h4-9,11,15,17H,3,10H2,1-2H3. The van der Waals surface area contributed by atoms with Crippen molar-refractivity contribution in [2.24, 2.45) is 0 Å². The molecule has 0 amide bonds. The Labute approximate surface area is 107 Å². The molecule has 0 bridgehead atoms. The topological polar surface area (TPSA) is 17.0 Å². The van der Waals surface area contributed by atoms with Gasteiger partial charge in [-0.1, -0.05) is 25.1 Å². The van der Waals surface area contributed by atoms with E-state index in [0.717, 1.165) is 12.0 Å². The van der Waals surface area contributed by atoms with Crippen molar-refractivity contribution < 1.29 is 4.39 Å². The van der Waals surface area contributed by atoms with Gasteiger partial charge in [0.15, 0.2) is 0 Å². The largest absolute Gasteiger partial charge is 0.349 e. The molecule has 0 aliphatic carbocycles. The van der Waals surface area contributed by atoms with Gasteiger partial charge >= 0.3 is 0 Å². The minimum absolute atomic E-state index is 0.145. The molecule has 3 heteroatoms. The molecule has 0 aliphatic heterocycles. The molecule has 1 unspecified atom stereocenters. The van der Waals surface area contributed by atoms with Crippen LogP contribution in [0.4, 0.5) is 4.39 Å². The Morgan fingerprint density at radius 3 is 2.72 bits per heavy atom. The summed E-state index contributed by atoms with van der Waals surface area (Å²) in [6.07, 6.45) is 5.12. The molecule has 1 heterocycles. The van der Waals surface area contributed by atoms with Crippen LogP contribution in [0.1, 0.15) is 30.5 Å². The summed E-state index contributed by atoms with van der Waals surface area (Å²) in [4.78, 5) is 0. The van der Waals surface area contributed by atoms with Crippen molar-refractivity contribution >= 4 is 0 Å². The Hall–Kier alpha value is -1.61. The highest BCUT2D eigenvalue weighted by molar-refractivity contribution is 5.20. The van der Waals surface area contributed by atoms with Gasteiger partial charge in [-0.15, -0.1) is 0 Å². The van der Waals surface area contributed by atoms with E-state index in [1.54, 1.807) is 6.07 Å². The maximum absolute atomic E-state index is 13.5. The lowest BCUT2D eigenvalue weighted by Crippen LogP contribution is -2.14. The molecule has 0 saturated heterocycles. The highest BCUT2D eigenvalue weighted by atomic mass is 19.1. The molecule has 0 aliphatic rings. The van der Waals surface area contributed by atoms with Gasteiger partial charge in [-0.25, -0.2) is 4.39 Å². The summed E-state index contributed by atoms with van der Waals surface area (Å²) in [5.74, 6) is -0.145. The van der Waals surface area contributed by atoms with Crippen molar-refractivity contribution in [1.82, 2.24) is 9.88 Å². The maximum atomic E-state index is 13.5. The summed E-state index contributed by atoms with van der Waals surface area (Å²) in [5, 5.41) is 3.27. The van der Waals surface area contributed by atoms with Gasteiger partial charge in [0.05, 0.1) is 0 Å². The number of aromatic nitrogens is 1. The zero-order chi connectivity index (χ0) is 13.0. The molecule has 0 fully saturated rings. The second-order valence-corrected chi connectivity index (χ2v) is 4.46. The molecule has 0 saturated carbocycles. The quantitative estimate of drug-likeness (QED) is 0.856. The van der Waals surface area contributed by atoms with E-state index in [9.17, 15) is 4.39 Å². The number of nitrogens with zero attached hydrogens (tertiary/aromatic N) is 1. The molecule has 1 aromatic carbocycles. The first-order valence-corrected chi connectivity index (χ1v) is 6.31. The summed E-state index contributed by atoms with van der Waals surface area (Å²) >= 11 is 0. The lowest BCUT2D eigenvalue weighted by atomic mass is 10.1.